The Morgan fingerprint density at radius 2 is 2.22 bits per heavy atom. The summed E-state index contributed by atoms with van der Waals surface area (Å²) in [7, 11) is 1.49. The summed E-state index contributed by atoms with van der Waals surface area (Å²) in [6, 6.07) is 2.70. The number of hydrogen-bond donors (Lipinski definition) is 1. The molecular formula is C16H17F2N7O2. The maximum Gasteiger partial charge on any atom is 0.259 e. The molecule has 0 aliphatic rings. The summed E-state index contributed by atoms with van der Waals surface area (Å²) >= 11 is 0. The molecule has 0 spiro atoms. The van der Waals surface area contributed by atoms with Gasteiger partial charge < -0.3 is 9.64 Å². The van der Waals surface area contributed by atoms with E-state index in [1.807, 2.05) is 0 Å². The van der Waals surface area contributed by atoms with Crippen molar-refractivity contribution in [3.8, 4) is 5.82 Å². The fourth-order valence-corrected chi connectivity index (χ4v) is 2.64. The Bertz CT molecular complexity index is 913. The lowest BCUT2D eigenvalue weighted by atomic mass is 10.1. The number of methoxy groups -OCH3 is 1. The molecule has 27 heavy (non-hydrogen) atoms. The summed E-state index contributed by atoms with van der Waals surface area (Å²) < 4.78 is 34.0. The monoisotopic (exact) mass is 377 g/mol. The molecule has 0 bridgehead atoms. The van der Waals surface area contributed by atoms with E-state index >= 15 is 0 Å². The van der Waals surface area contributed by atoms with E-state index in [1.165, 1.54) is 29.2 Å². The Morgan fingerprint density at radius 1 is 1.41 bits per heavy atom. The smallest absolute Gasteiger partial charge is 0.259 e. The van der Waals surface area contributed by atoms with Crippen molar-refractivity contribution in [3.63, 3.8) is 0 Å². The summed E-state index contributed by atoms with van der Waals surface area (Å²) in [6.07, 6.45) is 2.63. The van der Waals surface area contributed by atoms with Crippen LogP contribution >= 0.6 is 0 Å². The lowest BCUT2D eigenvalue weighted by Crippen LogP contribution is -2.41. The van der Waals surface area contributed by atoms with Gasteiger partial charge in [-0.2, -0.15) is 9.78 Å². The van der Waals surface area contributed by atoms with Crippen LogP contribution in [0.15, 0.2) is 30.7 Å². The Morgan fingerprint density at radius 3 is 2.93 bits per heavy atom. The van der Waals surface area contributed by atoms with E-state index in [0.29, 0.717) is 0 Å². The van der Waals surface area contributed by atoms with Crippen LogP contribution in [0.2, 0.25) is 0 Å². The zero-order chi connectivity index (χ0) is 19.4. The number of hydrogen-bond acceptors (Lipinski definition) is 6. The second-order valence-corrected chi connectivity index (χ2v) is 5.86. The van der Waals surface area contributed by atoms with Gasteiger partial charge in [0.1, 0.15) is 23.5 Å². The molecule has 0 saturated heterocycles. The molecule has 1 atom stereocenters. The third-order valence-electron chi connectivity index (χ3n) is 3.98. The molecule has 11 heteroatoms. The molecule has 142 valence electrons. The first-order valence-electron chi connectivity index (χ1n) is 8.01. The molecule has 2 aromatic heterocycles. The Kier molecular flexibility index (Phi) is 5.50. The number of aromatic nitrogens is 6. The number of halogens is 2. The Labute approximate surface area is 152 Å². The van der Waals surface area contributed by atoms with Crippen molar-refractivity contribution in [1.29, 1.82) is 0 Å². The zero-order valence-corrected chi connectivity index (χ0v) is 14.6. The second-order valence-electron chi connectivity index (χ2n) is 5.86. The van der Waals surface area contributed by atoms with Crippen molar-refractivity contribution in [2.75, 3.05) is 13.7 Å². The van der Waals surface area contributed by atoms with Crippen LogP contribution in [0.4, 0.5) is 8.78 Å². The highest BCUT2D eigenvalue weighted by atomic mass is 19.1. The third kappa shape index (κ3) is 3.97. The van der Waals surface area contributed by atoms with E-state index in [2.05, 4.69) is 25.7 Å². The van der Waals surface area contributed by atoms with Gasteiger partial charge in [-0.15, -0.1) is 5.10 Å². The first kappa shape index (κ1) is 18.6. The number of ether oxygens (including phenoxy) is 1. The minimum Gasteiger partial charge on any atom is -0.383 e. The molecule has 0 radical (unpaired) electrons. The SMILES string of the molecule is COC[C@H](C)N(Cc1cc(F)ccc1F)C(=O)c1cn[nH]c1-n1cnnn1. The number of amides is 1. The molecule has 1 N–H and O–H groups in total. The number of rotatable bonds is 7. The van der Waals surface area contributed by atoms with E-state index in [9.17, 15) is 13.6 Å². The van der Waals surface area contributed by atoms with Crippen LogP contribution in [0.3, 0.4) is 0 Å². The van der Waals surface area contributed by atoms with Gasteiger partial charge in [0, 0.05) is 19.2 Å². The molecular weight excluding hydrogens is 360 g/mol. The summed E-state index contributed by atoms with van der Waals surface area (Å²) in [4.78, 5) is 14.5. The van der Waals surface area contributed by atoms with Crippen LogP contribution in [-0.4, -0.2) is 61.0 Å². The highest BCUT2D eigenvalue weighted by Crippen LogP contribution is 2.19. The quantitative estimate of drug-likeness (QED) is 0.667. The van der Waals surface area contributed by atoms with E-state index in [-0.39, 0.29) is 30.1 Å². The van der Waals surface area contributed by atoms with Gasteiger partial charge in [-0.05, 0) is 35.5 Å². The van der Waals surface area contributed by atoms with Crippen molar-refractivity contribution in [3.05, 3.63) is 53.5 Å². The predicted molar refractivity (Wildman–Crippen MR) is 88.9 cm³/mol. The number of nitrogens with one attached hydrogen (secondary N) is 1. The van der Waals surface area contributed by atoms with Crippen LogP contribution in [0.1, 0.15) is 22.8 Å². The number of H-pyrrole nitrogens is 1. The third-order valence-corrected chi connectivity index (χ3v) is 3.98. The maximum atomic E-state index is 14.1. The molecule has 2 heterocycles. The van der Waals surface area contributed by atoms with Crippen LogP contribution in [0.5, 0.6) is 0 Å². The average Bonchev–Trinajstić information content (AvgIpc) is 3.33. The van der Waals surface area contributed by atoms with Crippen molar-refractivity contribution in [2.45, 2.75) is 19.5 Å². The lowest BCUT2D eigenvalue weighted by Gasteiger charge is -2.29. The van der Waals surface area contributed by atoms with Crippen LogP contribution in [0.25, 0.3) is 5.82 Å². The van der Waals surface area contributed by atoms with Gasteiger partial charge in [0.25, 0.3) is 5.91 Å². The first-order valence-corrected chi connectivity index (χ1v) is 8.01. The first-order chi connectivity index (χ1) is 13.0. The van der Waals surface area contributed by atoms with Gasteiger partial charge in [-0.3, -0.25) is 9.89 Å². The number of carbonyl (C=O) groups excluding carboxylic acids is 1. The highest BCUT2D eigenvalue weighted by Gasteiger charge is 2.27. The molecule has 0 aliphatic heterocycles. The molecule has 1 amide bonds. The van der Waals surface area contributed by atoms with Crippen molar-refractivity contribution in [2.24, 2.45) is 0 Å². The van der Waals surface area contributed by atoms with E-state index in [1.54, 1.807) is 6.92 Å². The normalized spacial score (nSPS) is 12.1. The summed E-state index contributed by atoms with van der Waals surface area (Å²) in [6.45, 7) is 1.81. The topological polar surface area (TPSA) is 102 Å². The summed E-state index contributed by atoms with van der Waals surface area (Å²) in [5.41, 5.74) is 0.237. The van der Waals surface area contributed by atoms with Gasteiger partial charge in [0.2, 0.25) is 0 Å². The van der Waals surface area contributed by atoms with E-state index in [0.717, 1.165) is 18.2 Å². The predicted octanol–water partition coefficient (Wildman–Crippen LogP) is 1.34. The van der Waals surface area contributed by atoms with E-state index in [4.69, 9.17) is 4.74 Å². The second kappa shape index (κ2) is 7.99. The zero-order valence-electron chi connectivity index (χ0n) is 14.6. The largest absolute Gasteiger partial charge is 0.383 e. The van der Waals surface area contributed by atoms with Crippen molar-refractivity contribution < 1.29 is 18.3 Å². The van der Waals surface area contributed by atoms with Crippen molar-refractivity contribution in [1.82, 2.24) is 35.3 Å². The number of carbonyl (C=O) groups is 1. The number of benzene rings is 1. The number of aromatic amines is 1. The van der Waals surface area contributed by atoms with Gasteiger partial charge in [-0.1, -0.05) is 0 Å². The van der Waals surface area contributed by atoms with Crippen LogP contribution in [-0.2, 0) is 11.3 Å². The van der Waals surface area contributed by atoms with E-state index < -0.39 is 23.6 Å². The van der Waals surface area contributed by atoms with Crippen molar-refractivity contribution >= 4 is 5.91 Å². The maximum absolute atomic E-state index is 14.1. The molecule has 1 aromatic carbocycles. The highest BCUT2D eigenvalue weighted by molar-refractivity contribution is 5.97. The van der Waals surface area contributed by atoms with Crippen LogP contribution in [0, 0.1) is 11.6 Å². The molecule has 0 unspecified atom stereocenters. The molecule has 3 aromatic rings. The molecule has 0 aliphatic carbocycles. The minimum atomic E-state index is -0.605. The molecule has 9 nitrogen and oxygen atoms in total. The standard InChI is InChI=1S/C16H17F2N7O2/c1-10(8-27-2)24(7-11-5-12(17)3-4-14(11)18)16(26)13-6-19-21-15(13)25-9-20-22-23-25/h3-6,9-10H,7-8H2,1-2H3,(H,19,21)/t10-/m0/s1. The fraction of sp³-hybridized carbons (Fsp3) is 0.312. The summed E-state index contributed by atoms with van der Waals surface area (Å²) in [5.74, 6) is -1.38. The molecule has 0 saturated carbocycles. The molecule has 3 rings (SSSR count). The number of nitrogens with zero attached hydrogens (tertiary/aromatic N) is 6. The fourth-order valence-electron chi connectivity index (χ4n) is 2.64. The van der Waals surface area contributed by atoms with Gasteiger partial charge in [0.15, 0.2) is 5.82 Å². The lowest BCUT2D eigenvalue weighted by molar-refractivity contribution is 0.0539. The number of tetrazole rings is 1. The average molecular weight is 377 g/mol. The summed E-state index contributed by atoms with van der Waals surface area (Å²) in [5, 5.41) is 17.3. The van der Waals surface area contributed by atoms with Crippen LogP contribution < -0.4 is 0 Å². The molecule has 0 fully saturated rings. The van der Waals surface area contributed by atoms with Gasteiger partial charge in [-0.25, -0.2) is 8.78 Å². The van der Waals surface area contributed by atoms with Gasteiger partial charge in [0.05, 0.1) is 18.8 Å². The Hall–Kier alpha value is -3.21. The van der Waals surface area contributed by atoms with Gasteiger partial charge >= 0.3 is 0 Å². The minimum absolute atomic E-state index is 0.0544. The Balaban J connectivity index is 1.95.